The number of rotatable bonds is 6. The predicted molar refractivity (Wildman–Crippen MR) is 95.7 cm³/mol. The first-order chi connectivity index (χ1) is 12.9. The number of nitrogens with one attached hydrogen (secondary N) is 2. The molecular formula is C19H23N3O5. The lowest BCUT2D eigenvalue weighted by Gasteiger charge is -2.18. The highest BCUT2D eigenvalue weighted by Gasteiger charge is 2.25. The van der Waals surface area contributed by atoms with Gasteiger partial charge in [-0.2, -0.15) is 5.26 Å². The maximum Gasteiger partial charge on any atom is 0.347 e. The third-order valence-electron chi connectivity index (χ3n) is 4.22. The van der Waals surface area contributed by atoms with Crippen LogP contribution in [0.5, 0.6) is 5.75 Å². The van der Waals surface area contributed by atoms with Crippen LogP contribution in [0.2, 0.25) is 0 Å². The summed E-state index contributed by atoms with van der Waals surface area (Å²) >= 11 is 0. The molecule has 8 nitrogen and oxygen atoms in total. The summed E-state index contributed by atoms with van der Waals surface area (Å²) in [6.45, 7) is 2.86. The van der Waals surface area contributed by atoms with Gasteiger partial charge in [-0.25, -0.2) is 9.59 Å². The van der Waals surface area contributed by atoms with Crippen molar-refractivity contribution in [3.8, 4) is 11.8 Å². The van der Waals surface area contributed by atoms with E-state index in [1.54, 1.807) is 24.3 Å². The molecule has 0 saturated heterocycles. The van der Waals surface area contributed by atoms with Gasteiger partial charge in [-0.3, -0.25) is 10.1 Å². The minimum atomic E-state index is -1.14. The molecule has 0 aliphatic heterocycles. The highest BCUT2D eigenvalue weighted by Crippen LogP contribution is 2.17. The minimum Gasteiger partial charge on any atom is -0.479 e. The summed E-state index contributed by atoms with van der Waals surface area (Å²) in [5.74, 6) is -1.05. The molecule has 0 heterocycles. The number of ether oxygens (including phenoxy) is 2. The number of imide groups is 1. The van der Waals surface area contributed by atoms with E-state index in [0.29, 0.717) is 11.3 Å². The molecule has 0 unspecified atom stereocenters. The molecule has 8 heteroatoms. The Bertz CT molecular complexity index is 720. The van der Waals surface area contributed by atoms with Crippen molar-refractivity contribution in [2.45, 2.75) is 57.8 Å². The summed E-state index contributed by atoms with van der Waals surface area (Å²) in [7, 11) is 0. The Morgan fingerprint density at radius 3 is 2.33 bits per heavy atom. The van der Waals surface area contributed by atoms with E-state index in [2.05, 4.69) is 10.6 Å². The van der Waals surface area contributed by atoms with Gasteiger partial charge in [-0.15, -0.1) is 0 Å². The molecule has 144 valence electrons. The molecule has 2 rings (SSSR count). The van der Waals surface area contributed by atoms with E-state index in [0.717, 1.165) is 25.7 Å². The van der Waals surface area contributed by atoms with Crippen molar-refractivity contribution in [2.24, 2.45) is 0 Å². The maximum atomic E-state index is 12.1. The van der Waals surface area contributed by atoms with Crippen LogP contribution in [0.3, 0.4) is 0 Å². The number of urea groups is 1. The van der Waals surface area contributed by atoms with Crippen LogP contribution < -0.4 is 15.4 Å². The fourth-order valence-corrected chi connectivity index (χ4v) is 2.69. The molecule has 0 radical (unpaired) electrons. The topological polar surface area (TPSA) is 118 Å². The Kier molecular flexibility index (Phi) is 7.17. The lowest BCUT2D eigenvalue weighted by Crippen LogP contribution is -2.47. The summed E-state index contributed by atoms with van der Waals surface area (Å²) in [6, 6.07) is 7.72. The third kappa shape index (κ3) is 6.29. The van der Waals surface area contributed by atoms with Crippen molar-refractivity contribution in [1.82, 2.24) is 10.6 Å². The van der Waals surface area contributed by atoms with Gasteiger partial charge < -0.3 is 14.8 Å². The molecule has 2 N–H and O–H groups in total. The normalized spacial score (nSPS) is 15.9. The Morgan fingerprint density at radius 2 is 1.74 bits per heavy atom. The van der Waals surface area contributed by atoms with Crippen LogP contribution in [0.15, 0.2) is 24.3 Å². The quantitative estimate of drug-likeness (QED) is 0.737. The van der Waals surface area contributed by atoms with Crippen molar-refractivity contribution in [2.75, 3.05) is 0 Å². The van der Waals surface area contributed by atoms with Gasteiger partial charge in [0, 0.05) is 6.04 Å². The molecule has 1 fully saturated rings. The molecule has 2 atom stereocenters. The second-order valence-corrected chi connectivity index (χ2v) is 6.42. The number of hydrogen-bond acceptors (Lipinski definition) is 6. The number of nitriles is 1. The first kappa shape index (κ1) is 20.2. The zero-order valence-electron chi connectivity index (χ0n) is 15.4. The van der Waals surface area contributed by atoms with Crippen LogP contribution >= 0.6 is 0 Å². The highest BCUT2D eigenvalue weighted by atomic mass is 16.6. The van der Waals surface area contributed by atoms with Crippen molar-refractivity contribution in [3.63, 3.8) is 0 Å². The second-order valence-electron chi connectivity index (χ2n) is 6.42. The van der Waals surface area contributed by atoms with Crippen LogP contribution in [-0.2, 0) is 14.3 Å². The average Bonchev–Trinajstić information content (AvgIpc) is 3.14. The molecule has 0 aromatic heterocycles. The van der Waals surface area contributed by atoms with Gasteiger partial charge in [0.25, 0.3) is 5.91 Å². The van der Waals surface area contributed by atoms with Gasteiger partial charge in [0.2, 0.25) is 0 Å². The molecule has 3 amide bonds. The molecule has 1 aliphatic carbocycles. The summed E-state index contributed by atoms with van der Waals surface area (Å²) < 4.78 is 10.5. The highest BCUT2D eigenvalue weighted by molar-refractivity contribution is 5.97. The van der Waals surface area contributed by atoms with Gasteiger partial charge in [-0.1, -0.05) is 12.8 Å². The van der Waals surface area contributed by atoms with E-state index < -0.39 is 30.1 Å². The zero-order valence-corrected chi connectivity index (χ0v) is 15.4. The Balaban J connectivity index is 1.77. The first-order valence-corrected chi connectivity index (χ1v) is 8.87. The van der Waals surface area contributed by atoms with Crippen molar-refractivity contribution in [1.29, 1.82) is 5.26 Å². The van der Waals surface area contributed by atoms with E-state index in [1.165, 1.54) is 13.8 Å². The first-order valence-electron chi connectivity index (χ1n) is 8.87. The van der Waals surface area contributed by atoms with Crippen LogP contribution in [-0.4, -0.2) is 36.2 Å². The van der Waals surface area contributed by atoms with Crippen LogP contribution in [0.25, 0.3) is 0 Å². The summed E-state index contributed by atoms with van der Waals surface area (Å²) in [4.78, 5) is 35.9. The maximum absolute atomic E-state index is 12.1. The lowest BCUT2D eigenvalue weighted by molar-refractivity contribution is -0.160. The number of carbonyl (C=O) groups is 3. The van der Waals surface area contributed by atoms with E-state index in [-0.39, 0.29) is 6.04 Å². The van der Waals surface area contributed by atoms with Crippen molar-refractivity contribution >= 4 is 17.9 Å². The molecule has 1 aliphatic rings. The number of esters is 1. The Hall–Kier alpha value is -3.08. The van der Waals surface area contributed by atoms with Crippen LogP contribution in [0, 0.1) is 11.3 Å². The van der Waals surface area contributed by atoms with E-state index >= 15 is 0 Å². The molecule has 0 spiro atoms. The summed E-state index contributed by atoms with van der Waals surface area (Å²) in [5.41, 5.74) is 0.471. The van der Waals surface area contributed by atoms with E-state index in [4.69, 9.17) is 14.7 Å². The van der Waals surface area contributed by atoms with Gasteiger partial charge in [0.1, 0.15) is 5.75 Å². The Morgan fingerprint density at radius 1 is 1.11 bits per heavy atom. The second kappa shape index (κ2) is 9.57. The van der Waals surface area contributed by atoms with Crippen LogP contribution in [0.1, 0.15) is 45.1 Å². The van der Waals surface area contributed by atoms with Gasteiger partial charge in [0.05, 0.1) is 11.6 Å². The third-order valence-corrected chi connectivity index (χ3v) is 4.22. The van der Waals surface area contributed by atoms with E-state index in [1.807, 2.05) is 6.07 Å². The summed E-state index contributed by atoms with van der Waals surface area (Å²) in [5, 5.41) is 13.7. The minimum absolute atomic E-state index is 0.0801. The smallest absolute Gasteiger partial charge is 0.347 e. The van der Waals surface area contributed by atoms with E-state index in [9.17, 15) is 14.4 Å². The molecule has 27 heavy (non-hydrogen) atoms. The zero-order chi connectivity index (χ0) is 19.8. The Labute approximate surface area is 157 Å². The van der Waals surface area contributed by atoms with Crippen molar-refractivity contribution in [3.05, 3.63) is 29.8 Å². The van der Waals surface area contributed by atoms with Crippen molar-refractivity contribution < 1.29 is 23.9 Å². The largest absolute Gasteiger partial charge is 0.479 e. The standard InChI is InChI=1S/C19H23N3O5/c1-12(17(23)22-19(25)21-15-5-3-4-6-15)27-18(24)13(2)26-16-9-7-14(11-20)8-10-16/h7-10,12-13,15H,3-6H2,1-2H3,(H2,21,22,23,25)/t12-,13-/m0/s1. The van der Waals surface area contributed by atoms with Gasteiger partial charge in [-0.05, 0) is 51.0 Å². The average molecular weight is 373 g/mol. The number of carbonyl (C=O) groups excluding carboxylic acids is 3. The van der Waals surface area contributed by atoms with Crippen LogP contribution in [0.4, 0.5) is 4.79 Å². The fraction of sp³-hybridized carbons (Fsp3) is 0.474. The molecular weight excluding hydrogens is 350 g/mol. The molecule has 0 bridgehead atoms. The molecule has 1 aromatic rings. The lowest BCUT2D eigenvalue weighted by atomic mass is 10.2. The van der Waals surface area contributed by atoms with Gasteiger partial charge >= 0.3 is 12.0 Å². The predicted octanol–water partition coefficient (Wildman–Crippen LogP) is 2.03. The molecule has 1 aromatic carbocycles. The molecule has 1 saturated carbocycles. The number of hydrogen-bond donors (Lipinski definition) is 2. The summed E-state index contributed by atoms with van der Waals surface area (Å²) in [6.07, 6.45) is 1.82. The van der Waals surface area contributed by atoms with Gasteiger partial charge in [0.15, 0.2) is 12.2 Å². The monoisotopic (exact) mass is 373 g/mol. The SMILES string of the molecule is C[C@H](OC(=O)[C@H](C)Oc1ccc(C#N)cc1)C(=O)NC(=O)NC1CCCC1. The fourth-order valence-electron chi connectivity index (χ4n) is 2.69. The number of amides is 3. The number of benzene rings is 1. The number of nitrogens with zero attached hydrogens (tertiary/aromatic N) is 1.